The summed E-state index contributed by atoms with van der Waals surface area (Å²) >= 11 is 0. The van der Waals surface area contributed by atoms with Gasteiger partial charge in [-0.05, 0) is 49.5 Å². The first-order valence-corrected chi connectivity index (χ1v) is 7.56. The Hall–Kier alpha value is -0.790. The van der Waals surface area contributed by atoms with Crippen LogP contribution in [0.5, 0.6) is 0 Å². The Morgan fingerprint density at radius 3 is 2.67 bits per heavy atom. The molecule has 0 aromatic heterocycles. The topological polar surface area (TPSA) is 26.3 Å². The average Bonchev–Trinajstić information content (AvgIpc) is 2.70. The molecule has 0 saturated heterocycles. The van der Waals surface area contributed by atoms with Crippen LogP contribution in [0, 0.1) is 17.8 Å². The SMILES string of the molecule is CC(C)CC1CCC2=C(CC[C@@H]3C(=O)CC[C@H]23)O1. The first-order chi connectivity index (χ1) is 8.65. The smallest absolute Gasteiger partial charge is 0.136 e. The molecule has 0 N–H and O–H groups in total. The molecule has 0 aromatic rings. The number of Topliss-reactive ketones (excluding diaryl/α,β-unsaturated/α-hetero) is 1. The molecule has 1 saturated carbocycles. The number of hydrogen-bond acceptors (Lipinski definition) is 2. The van der Waals surface area contributed by atoms with Gasteiger partial charge in [0.25, 0.3) is 0 Å². The summed E-state index contributed by atoms with van der Waals surface area (Å²) in [6, 6.07) is 0. The number of hydrogen-bond donors (Lipinski definition) is 0. The maximum Gasteiger partial charge on any atom is 0.136 e. The lowest BCUT2D eigenvalue weighted by Crippen LogP contribution is -2.29. The fourth-order valence-corrected chi connectivity index (χ4v) is 4.07. The lowest BCUT2D eigenvalue weighted by molar-refractivity contribution is -0.121. The van der Waals surface area contributed by atoms with E-state index < -0.39 is 0 Å². The van der Waals surface area contributed by atoms with Gasteiger partial charge in [-0.25, -0.2) is 0 Å². The van der Waals surface area contributed by atoms with Crippen molar-refractivity contribution in [1.82, 2.24) is 0 Å². The number of rotatable bonds is 2. The van der Waals surface area contributed by atoms with Crippen LogP contribution in [-0.4, -0.2) is 11.9 Å². The van der Waals surface area contributed by atoms with Crippen molar-refractivity contribution in [3.63, 3.8) is 0 Å². The van der Waals surface area contributed by atoms with Crippen molar-refractivity contribution in [2.45, 2.75) is 64.9 Å². The fourth-order valence-electron chi connectivity index (χ4n) is 4.07. The quantitative estimate of drug-likeness (QED) is 0.742. The Morgan fingerprint density at radius 2 is 1.89 bits per heavy atom. The molecule has 1 heterocycles. The maximum absolute atomic E-state index is 11.8. The second-order valence-electron chi connectivity index (χ2n) is 6.61. The molecule has 3 rings (SSSR count). The predicted octanol–water partition coefficient (Wildman–Crippen LogP) is 3.85. The molecule has 0 aromatic carbocycles. The van der Waals surface area contributed by atoms with Gasteiger partial charge < -0.3 is 4.74 Å². The zero-order chi connectivity index (χ0) is 12.7. The van der Waals surface area contributed by atoms with Gasteiger partial charge in [0.15, 0.2) is 0 Å². The van der Waals surface area contributed by atoms with Crippen LogP contribution in [0.2, 0.25) is 0 Å². The summed E-state index contributed by atoms with van der Waals surface area (Å²) in [4.78, 5) is 11.8. The molecule has 0 radical (unpaired) electrons. The molecule has 18 heavy (non-hydrogen) atoms. The fraction of sp³-hybridized carbons (Fsp3) is 0.812. The molecular weight excluding hydrogens is 224 g/mol. The molecule has 100 valence electrons. The van der Waals surface area contributed by atoms with E-state index in [-0.39, 0.29) is 0 Å². The third-order valence-electron chi connectivity index (χ3n) is 4.87. The van der Waals surface area contributed by atoms with E-state index in [1.54, 1.807) is 0 Å². The van der Waals surface area contributed by atoms with Crippen LogP contribution in [0.4, 0.5) is 0 Å². The summed E-state index contributed by atoms with van der Waals surface area (Å²) in [7, 11) is 0. The number of carbonyl (C=O) groups is 1. The molecule has 1 fully saturated rings. The van der Waals surface area contributed by atoms with Gasteiger partial charge in [0, 0.05) is 18.8 Å². The highest BCUT2D eigenvalue weighted by molar-refractivity contribution is 5.84. The van der Waals surface area contributed by atoms with Crippen LogP contribution < -0.4 is 0 Å². The molecule has 3 atom stereocenters. The van der Waals surface area contributed by atoms with Crippen molar-refractivity contribution < 1.29 is 9.53 Å². The van der Waals surface area contributed by atoms with Crippen LogP contribution >= 0.6 is 0 Å². The highest BCUT2D eigenvalue weighted by atomic mass is 16.5. The Labute approximate surface area is 110 Å². The standard InChI is InChI=1S/C16H24O2/c1-10(2)9-11-3-4-14-12-5-7-15(17)13(12)6-8-16(14)18-11/h10-13H,3-9H2,1-2H3/t11?,12-,13-/m0/s1. The minimum atomic E-state index is 0.342. The Balaban J connectivity index is 1.74. The monoisotopic (exact) mass is 248 g/mol. The van der Waals surface area contributed by atoms with Gasteiger partial charge in [0.1, 0.15) is 5.78 Å². The average molecular weight is 248 g/mol. The Bertz CT molecular complexity index is 381. The number of allylic oxidation sites excluding steroid dienone is 2. The van der Waals surface area contributed by atoms with E-state index >= 15 is 0 Å². The second-order valence-corrected chi connectivity index (χ2v) is 6.61. The van der Waals surface area contributed by atoms with Crippen LogP contribution in [0.3, 0.4) is 0 Å². The summed E-state index contributed by atoms with van der Waals surface area (Å²) in [6.45, 7) is 4.53. The summed E-state index contributed by atoms with van der Waals surface area (Å²) in [5.74, 6) is 3.37. The normalized spacial score (nSPS) is 35.5. The first kappa shape index (κ1) is 12.3. The van der Waals surface area contributed by atoms with Crippen molar-refractivity contribution in [3.05, 3.63) is 11.3 Å². The molecule has 0 amide bonds. The second kappa shape index (κ2) is 4.71. The van der Waals surface area contributed by atoms with Gasteiger partial charge >= 0.3 is 0 Å². The Kier molecular flexibility index (Phi) is 3.21. The summed E-state index contributed by atoms with van der Waals surface area (Å²) in [5, 5.41) is 0. The summed E-state index contributed by atoms with van der Waals surface area (Å²) in [6.07, 6.45) is 7.88. The number of fused-ring (bicyclic) bond motifs is 2. The van der Waals surface area contributed by atoms with E-state index in [0.29, 0.717) is 29.6 Å². The van der Waals surface area contributed by atoms with Crippen LogP contribution in [0.15, 0.2) is 11.3 Å². The molecular formula is C16H24O2. The van der Waals surface area contributed by atoms with E-state index in [9.17, 15) is 4.79 Å². The summed E-state index contributed by atoms with van der Waals surface area (Å²) < 4.78 is 6.21. The van der Waals surface area contributed by atoms with Crippen molar-refractivity contribution in [3.8, 4) is 0 Å². The van der Waals surface area contributed by atoms with Gasteiger partial charge in [-0.2, -0.15) is 0 Å². The zero-order valence-corrected chi connectivity index (χ0v) is 11.6. The van der Waals surface area contributed by atoms with E-state index in [2.05, 4.69) is 13.8 Å². The molecule has 3 aliphatic rings. The molecule has 0 spiro atoms. The molecule has 2 aliphatic carbocycles. The number of carbonyl (C=O) groups excluding carboxylic acids is 1. The van der Waals surface area contributed by atoms with Gasteiger partial charge in [0.05, 0.1) is 11.9 Å². The molecule has 0 bridgehead atoms. The van der Waals surface area contributed by atoms with Crippen molar-refractivity contribution in [2.24, 2.45) is 17.8 Å². The van der Waals surface area contributed by atoms with Gasteiger partial charge in [-0.15, -0.1) is 0 Å². The minimum absolute atomic E-state index is 0.342. The molecule has 2 nitrogen and oxygen atoms in total. The van der Waals surface area contributed by atoms with E-state index in [0.717, 1.165) is 32.1 Å². The lowest BCUT2D eigenvalue weighted by atomic mass is 9.76. The van der Waals surface area contributed by atoms with Crippen LogP contribution in [-0.2, 0) is 9.53 Å². The zero-order valence-electron chi connectivity index (χ0n) is 11.6. The van der Waals surface area contributed by atoms with Crippen molar-refractivity contribution >= 4 is 5.78 Å². The minimum Gasteiger partial charge on any atom is -0.495 e. The number of ketones is 1. The highest BCUT2D eigenvalue weighted by Crippen LogP contribution is 2.47. The van der Waals surface area contributed by atoms with E-state index in [4.69, 9.17) is 4.74 Å². The van der Waals surface area contributed by atoms with E-state index in [1.807, 2.05) is 0 Å². The molecule has 1 aliphatic heterocycles. The van der Waals surface area contributed by atoms with Crippen LogP contribution in [0.25, 0.3) is 0 Å². The number of ether oxygens (including phenoxy) is 1. The third-order valence-corrected chi connectivity index (χ3v) is 4.87. The maximum atomic E-state index is 11.8. The van der Waals surface area contributed by atoms with Crippen molar-refractivity contribution in [1.29, 1.82) is 0 Å². The third kappa shape index (κ3) is 2.10. The van der Waals surface area contributed by atoms with Crippen molar-refractivity contribution in [2.75, 3.05) is 0 Å². The van der Waals surface area contributed by atoms with Gasteiger partial charge in [0.2, 0.25) is 0 Å². The largest absolute Gasteiger partial charge is 0.495 e. The van der Waals surface area contributed by atoms with Crippen LogP contribution in [0.1, 0.15) is 58.8 Å². The summed E-state index contributed by atoms with van der Waals surface area (Å²) in [5.41, 5.74) is 1.51. The van der Waals surface area contributed by atoms with Gasteiger partial charge in [-0.1, -0.05) is 13.8 Å². The predicted molar refractivity (Wildman–Crippen MR) is 71.0 cm³/mol. The Morgan fingerprint density at radius 1 is 1.11 bits per heavy atom. The van der Waals surface area contributed by atoms with E-state index in [1.165, 1.54) is 24.2 Å². The highest BCUT2D eigenvalue weighted by Gasteiger charge is 2.42. The van der Waals surface area contributed by atoms with Gasteiger partial charge in [-0.3, -0.25) is 4.79 Å². The molecule has 2 heteroatoms. The molecule has 1 unspecified atom stereocenters. The lowest BCUT2D eigenvalue weighted by Gasteiger charge is -2.37. The first-order valence-electron chi connectivity index (χ1n) is 7.56.